The predicted molar refractivity (Wildman–Crippen MR) is 107 cm³/mol. The first-order valence-electron chi connectivity index (χ1n) is 8.83. The summed E-state index contributed by atoms with van der Waals surface area (Å²) in [6.45, 7) is 1.53. The molecule has 7 nitrogen and oxygen atoms in total. The van der Waals surface area contributed by atoms with E-state index in [0.717, 1.165) is 16.3 Å². The summed E-state index contributed by atoms with van der Waals surface area (Å²) in [6.07, 6.45) is 1.15. The second kappa shape index (κ2) is 8.47. The van der Waals surface area contributed by atoms with Crippen molar-refractivity contribution in [2.45, 2.75) is 13.5 Å². The standard InChI is InChI=1S/C21H19FN4O3/c1-13-4-3-5-16(10-13)25-18(27)12-26-19(14-6-8-15(22)9-7-14)24-11-17(21(26)29)20(28)23-2/h3-11H,12H2,1-2H3,(H,23,28)(H,25,27). The number of anilines is 1. The Hall–Kier alpha value is -3.81. The molecule has 148 valence electrons. The number of amides is 2. The number of aromatic nitrogens is 2. The highest BCUT2D eigenvalue weighted by Gasteiger charge is 2.18. The SMILES string of the molecule is CNC(=O)c1cnc(-c2ccc(F)cc2)n(CC(=O)Nc2cccc(C)c2)c1=O. The Morgan fingerprint density at radius 3 is 2.52 bits per heavy atom. The van der Waals surface area contributed by atoms with E-state index >= 15 is 0 Å². The monoisotopic (exact) mass is 394 g/mol. The summed E-state index contributed by atoms with van der Waals surface area (Å²) in [7, 11) is 1.39. The maximum atomic E-state index is 13.3. The highest BCUT2D eigenvalue weighted by atomic mass is 19.1. The zero-order valence-electron chi connectivity index (χ0n) is 15.9. The zero-order valence-corrected chi connectivity index (χ0v) is 15.9. The van der Waals surface area contributed by atoms with Crippen molar-refractivity contribution in [3.05, 3.63) is 82.0 Å². The van der Waals surface area contributed by atoms with E-state index in [2.05, 4.69) is 15.6 Å². The molecular formula is C21H19FN4O3. The lowest BCUT2D eigenvalue weighted by Gasteiger charge is -2.14. The van der Waals surface area contributed by atoms with Gasteiger partial charge in [-0.05, 0) is 48.9 Å². The van der Waals surface area contributed by atoms with Crippen LogP contribution < -0.4 is 16.2 Å². The molecule has 0 saturated heterocycles. The Labute approximate surface area is 166 Å². The Bertz CT molecular complexity index is 1120. The van der Waals surface area contributed by atoms with Crippen LogP contribution in [0.1, 0.15) is 15.9 Å². The van der Waals surface area contributed by atoms with Crippen LogP contribution in [0.2, 0.25) is 0 Å². The van der Waals surface area contributed by atoms with Crippen molar-refractivity contribution >= 4 is 17.5 Å². The van der Waals surface area contributed by atoms with Gasteiger partial charge in [0.05, 0.1) is 0 Å². The lowest BCUT2D eigenvalue weighted by atomic mass is 10.2. The molecule has 0 aliphatic rings. The van der Waals surface area contributed by atoms with Gasteiger partial charge >= 0.3 is 0 Å². The molecule has 0 saturated carbocycles. The lowest BCUT2D eigenvalue weighted by molar-refractivity contribution is -0.116. The molecule has 1 heterocycles. The summed E-state index contributed by atoms with van der Waals surface area (Å²) in [5.41, 5.74) is 1.13. The van der Waals surface area contributed by atoms with Crippen LogP contribution in [0.5, 0.6) is 0 Å². The molecule has 8 heteroatoms. The molecule has 2 amide bonds. The maximum Gasteiger partial charge on any atom is 0.267 e. The molecule has 0 unspecified atom stereocenters. The number of aryl methyl sites for hydroxylation is 1. The first-order chi connectivity index (χ1) is 13.9. The van der Waals surface area contributed by atoms with Crippen LogP contribution in [0.3, 0.4) is 0 Å². The summed E-state index contributed by atoms with van der Waals surface area (Å²) in [5.74, 6) is -1.36. The number of carbonyl (C=O) groups is 2. The van der Waals surface area contributed by atoms with E-state index in [1.807, 2.05) is 13.0 Å². The number of nitrogens with zero attached hydrogens (tertiary/aromatic N) is 2. The van der Waals surface area contributed by atoms with Crippen molar-refractivity contribution < 1.29 is 14.0 Å². The summed E-state index contributed by atoms with van der Waals surface area (Å²) < 4.78 is 14.4. The van der Waals surface area contributed by atoms with Crippen LogP contribution in [-0.2, 0) is 11.3 Å². The largest absolute Gasteiger partial charge is 0.355 e. The molecule has 3 aromatic rings. The van der Waals surface area contributed by atoms with Gasteiger partial charge in [-0.3, -0.25) is 19.0 Å². The van der Waals surface area contributed by atoms with Gasteiger partial charge < -0.3 is 10.6 Å². The zero-order chi connectivity index (χ0) is 21.0. The van der Waals surface area contributed by atoms with E-state index in [1.54, 1.807) is 18.2 Å². The minimum Gasteiger partial charge on any atom is -0.355 e. The number of halogens is 1. The molecule has 0 radical (unpaired) electrons. The van der Waals surface area contributed by atoms with Crippen molar-refractivity contribution in [3.63, 3.8) is 0 Å². The number of rotatable bonds is 5. The Balaban J connectivity index is 2.01. The first kappa shape index (κ1) is 19.9. The first-order valence-corrected chi connectivity index (χ1v) is 8.83. The number of benzene rings is 2. The molecule has 2 N–H and O–H groups in total. The van der Waals surface area contributed by atoms with Crippen LogP contribution in [0.25, 0.3) is 11.4 Å². The van der Waals surface area contributed by atoms with E-state index in [-0.39, 0.29) is 17.9 Å². The fourth-order valence-electron chi connectivity index (χ4n) is 2.83. The summed E-state index contributed by atoms with van der Waals surface area (Å²) in [5, 5.41) is 5.09. The van der Waals surface area contributed by atoms with E-state index in [1.165, 1.54) is 31.3 Å². The van der Waals surface area contributed by atoms with Crippen molar-refractivity contribution in [2.75, 3.05) is 12.4 Å². The van der Waals surface area contributed by atoms with Gasteiger partial charge in [-0.15, -0.1) is 0 Å². The van der Waals surface area contributed by atoms with E-state index in [0.29, 0.717) is 11.3 Å². The van der Waals surface area contributed by atoms with Crippen LogP contribution in [0, 0.1) is 12.7 Å². The Morgan fingerprint density at radius 1 is 1.14 bits per heavy atom. The number of hydrogen-bond acceptors (Lipinski definition) is 4. The quantitative estimate of drug-likeness (QED) is 0.695. The third-order valence-electron chi connectivity index (χ3n) is 4.22. The van der Waals surface area contributed by atoms with Gasteiger partial charge in [0.2, 0.25) is 5.91 Å². The van der Waals surface area contributed by atoms with Crippen molar-refractivity contribution in [3.8, 4) is 11.4 Å². The third kappa shape index (κ3) is 4.55. The van der Waals surface area contributed by atoms with E-state index < -0.39 is 23.2 Å². The molecule has 0 atom stereocenters. The van der Waals surface area contributed by atoms with Crippen LogP contribution in [-0.4, -0.2) is 28.4 Å². The molecule has 29 heavy (non-hydrogen) atoms. The van der Waals surface area contributed by atoms with Crippen LogP contribution in [0.4, 0.5) is 10.1 Å². The minimum absolute atomic E-state index is 0.155. The molecule has 0 aliphatic carbocycles. The summed E-state index contributed by atoms with van der Waals surface area (Å²) >= 11 is 0. The smallest absolute Gasteiger partial charge is 0.267 e. The lowest BCUT2D eigenvalue weighted by Crippen LogP contribution is -2.35. The molecule has 0 aliphatic heterocycles. The molecule has 3 rings (SSSR count). The van der Waals surface area contributed by atoms with Crippen LogP contribution >= 0.6 is 0 Å². The van der Waals surface area contributed by atoms with E-state index in [4.69, 9.17) is 0 Å². The van der Waals surface area contributed by atoms with Gasteiger partial charge in [0.15, 0.2) is 0 Å². The fourth-order valence-corrected chi connectivity index (χ4v) is 2.83. The predicted octanol–water partition coefficient (Wildman–Crippen LogP) is 2.36. The molecule has 0 fully saturated rings. The summed E-state index contributed by atoms with van der Waals surface area (Å²) in [4.78, 5) is 41.6. The second-order valence-corrected chi connectivity index (χ2v) is 6.39. The maximum absolute atomic E-state index is 13.3. The Morgan fingerprint density at radius 2 is 1.86 bits per heavy atom. The fraction of sp³-hybridized carbons (Fsp3) is 0.143. The van der Waals surface area contributed by atoms with Gasteiger partial charge in [0.1, 0.15) is 23.7 Å². The number of hydrogen-bond donors (Lipinski definition) is 2. The summed E-state index contributed by atoms with van der Waals surface area (Å²) in [6, 6.07) is 12.6. The van der Waals surface area contributed by atoms with Gasteiger partial charge in [0.25, 0.3) is 11.5 Å². The van der Waals surface area contributed by atoms with Gasteiger partial charge in [-0.25, -0.2) is 9.37 Å². The Kier molecular flexibility index (Phi) is 5.82. The molecular weight excluding hydrogens is 375 g/mol. The van der Waals surface area contributed by atoms with Crippen molar-refractivity contribution in [2.24, 2.45) is 0 Å². The van der Waals surface area contributed by atoms with Gasteiger partial charge in [0, 0.05) is 24.5 Å². The van der Waals surface area contributed by atoms with Gasteiger partial charge in [-0.1, -0.05) is 12.1 Å². The second-order valence-electron chi connectivity index (χ2n) is 6.39. The van der Waals surface area contributed by atoms with Crippen molar-refractivity contribution in [1.29, 1.82) is 0 Å². The highest BCUT2D eigenvalue weighted by molar-refractivity contribution is 5.94. The minimum atomic E-state index is -0.668. The van der Waals surface area contributed by atoms with Gasteiger partial charge in [-0.2, -0.15) is 0 Å². The van der Waals surface area contributed by atoms with Crippen LogP contribution in [0.15, 0.2) is 59.5 Å². The topological polar surface area (TPSA) is 93.1 Å². The van der Waals surface area contributed by atoms with Crippen molar-refractivity contribution in [1.82, 2.24) is 14.9 Å². The number of nitrogens with one attached hydrogen (secondary N) is 2. The molecule has 0 bridgehead atoms. The third-order valence-corrected chi connectivity index (χ3v) is 4.22. The number of carbonyl (C=O) groups excluding carboxylic acids is 2. The highest BCUT2D eigenvalue weighted by Crippen LogP contribution is 2.17. The van der Waals surface area contributed by atoms with E-state index in [9.17, 15) is 18.8 Å². The molecule has 0 spiro atoms. The average Bonchev–Trinajstić information content (AvgIpc) is 2.69. The average molecular weight is 394 g/mol. The normalized spacial score (nSPS) is 10.4. The molecule has 1 aromatic heterocycles. The molecule has 2 aromatic carbocycles.